The molecule has 2 aromatic rings. The highest BCUT2D eigenvalue weighted by atomic mass is 16.3. The predicted molar refractivity (Wildman–Crippen MR) is 69.0 cm³/mol. The molecule has 98 valence electrons. The number of amides is 1. The zero-order valence-corrected chi connectivity index (χ0v) is 10.5. The summed E-state index contributed by atoms with van der Waals surface area (Å²) in [5, 5.41) is 3.83. The SMILES string of the molecule is C[C@@H]1C[C@H]1c1ccc(/C=N\NC(=O)c2ccco2)o1. The van der Waals surface area contributed by atoms with Crippen molar-refractivity contribution in [2.24, 2.45) is 11.0 Å². The highest BCUT2D eigenvalue weighted by Crippen LogP contribution is 2.47. The second-order valence-corrected chi connectivity index (χ2v) is 4.74. The second-order valence-electron chi connectivity index (χ2n) is 4.74. The third-order valence-corrected chi connectivity index (χ3v) is 3.23. The Morgan fingerprint density at radius 3 is 3.00 bits per heavy atom. The van der Waals surface area contributed by atoms with Gasteiger partial charge in [0.25, 0.3) is 0 Å². The summed E-state index contributed by atoms with van der Waals surface area (Å²) in [7, 11) is 0. The van der Waals surface area contributed by atoms with E-state index in [-0.39, 0.29) is 11.7 Å². The van der Waals surface area contributed by atoms with Gasteiger partial charge in [0, 0.05) is 5.92 Å². The van der Waals surface area contributed by atoms with Crippen LogP contribution >= 0.6 is 0 Å². The Kier molecular flexibility index (Phi) is 2.95. The van der Waals surface area contributed by atoms with Gasteiger partial charge in [-0.15, -0.1) is 0 Å². The van der Waals surface area contributed by atoms with E-state index >= 15 is 0 Å². The Morgan fingerprint density at radius 1 is 1.47 bits per heavy atom. The first-order chi connectivity index (χ1) is 9.24. The van der Waals surface area contributed by atoms with Crippen molar-refractivity contribution in [1.29, 1.82) is 0 Å². The standard InChI is InChI=1S/C14H14N2O3/c1-9-7-11(9)12-5-4-10(19-12)8-15-16-14(17)13-3-2-6-18-13/h2-6,8-9,11H,7H2,1H3,(H,16,17)/b15-8-/t9-,11-/m1/s1. The van der Waals surface area contributed by atoms with Crippen molar-refractivity contribution < 1.29 is 13.6 Å². The molecule has 1 fully saturated rings. The lowest BCUT2D eigenvalue weighted by Gasteiger charge is -1.94. The Hall–Kier alpha value is -2.30. The minimum atomic E-state index is -0.385. The van der Waals surface area contributed by atoms with Gasteiger partial charge < -0.3 is 8.83 Å². The highest BCUT2D eigenvalue weighted by molar-refractivity contribution is 5.92. The molecule has 0 unspecified atom stereocenters. The molecule has 0 spiro atoms. The van der Waals surface area contributed by atoms with Crippen LogP contribution in [0.3, 0.4) is 0 Å². The van der Waals surface area contributed by atoms with Crippen molar-refractivity contribution >= 4 is 12.1 Å². The van der Waals surface area contributed by atoms with E-state index in [1.165, 1.54) is 18.9 Å². The third kappa shape index (κ3) is 2.59. The van der Waals surface area contributed by atoms with E-state index in [0.29, 0.717) is 17.6 Å². The molecule has 0 aliphatic heterocycles. The quantitative estimate of drug-likeness (QED) is 0.677. The first-order valence-corrected chi connectivity index (χ1v) is 6.20. The van der Waals surface area contributed by atoms with Crippen LogP contribution in [-0.4, -0.2) is 12.1 Å². The van der Waals surface area contributed by atoms with Crippen molar-refractivity contribution in [2.45, 2.75) is 19.3 Å². The van der Waals surface area contributed by atoms with Crippen LogP contribution in [0.5, 0.6) is 0 Å². The highest BCUT2D eigenvalue weighted by Gasteiger charge is 2.36. The van der Waals surface area contributed by atoms with Gasteiger partial charge in [0.05, 0.1) is 12.5 Å². The number of hydrogen-bond donors (Lipinski definition) is 1. The molecule has 2 aromatic heterocycles. The molecule has 5 nitrogen and oxygen atoms in total. The number of rotatable bonds is 4. The van der Waals surface area contributed by atoms with E-state index in [2.05, 4.69) is 17.5 Å². The summed E-state index contributed by atoms with van der Waals surface area (Å²) in [5.41, 5.74) is 2.37. The van der Waals surface area contributed by atoms with Crippen LogP contribution in [0.4, 0.5) is 0 Å². The van der Waals surface area contributed by atoms with E-state index in [1.54, 1.807) is 12.1 Å². The van der Waals surface area contributed by atoms with Crippen LogP contribution in [0.2, 0.25) is 0 Å². The Labute approximate surface area is 110 Å². The molecule has 1 aliphatic rings. The summed E-state index contributed by atoms with van der Waals surface area (Å²) >= 11 is 0. The van der Waals surface area contributed by atoms with Crippen molar-refractivity contribution in [2.75, 3.05) is 0 Å². The zero-order chi connectivity index (χ0) is 13.2. The minimum absolute atomic E-state index is 0.226. The van der Waals surface area contributed by atoms with Crippen LogP contribution in [0.1, 0.15) is 41.3 Å². The van der Waals surface area contributed by atoms with Crippen LogP contribution in [0, 0.1) is 5.92 Å². The monoisotopic (exact) mass is 258 g/mol. The van der Waals surface area contributed by atoms with E-state index in [9.17, 15) is 4.79 Å². The molecule has 1 saturated carbocycles. The summed E-state index contributed by atoms with van der Waals surface area (Å²) in [6, 6.07) is 7.03. The van der Waals surface area contributed by atoms with Crippen LogP contribution in [0.25, 0.3) is 0 Å². The van der Waals surface area contributed by atoms with Crippen molar-refractivity contribution in [1.82, 2.24) is 5.43 Å². The maximum atomic E-state index is 11.5. The number of nitrogens with zero attached hydrogens (tertiary/aromatic N) is 1. The minimum Gasteiger partial charge on any atom is -0.460 e. The fraction of sp³-hybridized carbons (Fsp3) is 0.286. The van der Waals surface area contributed by atoms with Gasteiger partial charge in [0.15, 0.2) is 5.76 Å². The van der Waals surface area contributed by atoms with Gasteiger partial charge >= 0.3 is 5.91 Å². The lowest BCUT2D eigenvalue weighted by Crippen LogP contribution is -2.16. The molecule has 2 atom stereocenters. The summed E-state index contributed by atoms with van der Waals surface area (Å²) in [6.07, 6.45) is 4.10. The zero-order valence-electron chi connectivity index (χ0n) is 10.5. The third-order valence-electron chi connectivity index (χ3n) is 3.23. The van der Waals surface area contributed by atoms with Gasteiger partial charge in [-0.3, -0.25) is 4.79 Å². The van der Waals surface area contributed by atoms with E-state index in [4.69, 9.17) is 8.83 Å². The summed E-state index contributed by atoms with van der Waals surface area (Å²) in [6.45, 7) is 2.20. The molecule has 0 aromatic carbocycles. The maximum absolute atomic E-state index is 11.5. The number of carbonyl (C=O) groups excluding carboxylic acids is 1. The van der Waals surface area contributed by atoms with Gasteiger partial charge in [-0.2, -0.15) is 5.10 Å². The van der Waals surface area contributed by atoms with Crippen LogP contribution in [-0.2, 0) is 0 Å². The number of furan rings is 2. The number of nitrogens with one attached hydrogen (secondary N) is 1. The second kappa shape index (κ2) is 4.76. The lowest BCUT2D eigenvalue weighted by molar-refractivity contribution is 0.0927. The lowest BCUT2D eigenvalue weighted by atomic mass is 10.3. The van der Waals surface area contributed by atoms with Gasteiger partial charge in [-0.05, 0) is 36.6 Å². The topological polar surface area (TPSA) is 67.7 Å². The summed E-state index contributed by atoms with van der Waals surface area (Å²) in [5.74, 6) is 2.71. The maximum Gasteiger partial charge on any atom is 0.307 e. The molecule has 0 saturated heterocycles. The smallest absolute Gasteiger partial charge is 0.307 e. The fourth-order valence-electron chi connectivity index (χ4n) is 1.97. The Bertz CT molecular complexity index is 598. The van der Waals surface area contributed by atoms with E-state index < -0.39 is 0 Å². The molecule has 2 heterocycles. The number of hydrazone groups is 1. The van der Waals surface area contributed by atoms with Gasteiger partial charge in [0.2, 0.25) is 0 Å². The van der Waals surface area contributed by atoms with Crippen LogP contribution < -0.4 is 5.43 Å². The fourth-order valence-corrected chi connectivity index (χ4v) is 1.97. The van der Waals surface area contributed by atoms with Crippen LogP contribution in [0.15, 0.2) is 44.5 Å². The van der Waals surface area contributed by atoms with Crippen molar-refractivity contribution in [3.63, 3.8) is 0 Å². The Balaban J connectivity index is 1.57. The molecule has 0 radical (unpaired) electrons. The predicted octanol–water partition coefficient (Wildman–Crippen LogP) is 2.76. The van der Waals surface area contributed by atoms with Gasteiger partial charge in [0.1, 0.15) is 11.5 Å². The summed E-state index contributed by atoms with van der Waals surface area (Å²) < 4.78 is 10.6. The molecule has 19 heavy (non-hydrogen) atoms. The number of carbonyl (C=O) groups is 1. The molecule has 1 N–H and O–H groups in total. The molecular weight excluding hydrogens is 244 g/mol. The van der Waals surface area contributed by atoms with E-state index in [1.807, 2.05) is 12.1 Å². The first kappa shape index (κ1) is 11.8. The van der Waals surface area contributed by atoms with E-state index in [0.717, 1.165) is 5.76 Å². The van der Waals surface area contributed by atoms with Crippen molar-refractivity contribution in [3.05, 3.63) is 47.8 Å². The van der Waals surface area contributed by atoms with Gasteiger partial charge in [-0.25, -0.2) is 5.43 Å². The molecule has 5 heteroatoms. The molecule has 3 rings (SSSR count). The molecule has 0 bridgehead atoms. The molecule has 1 aliphatic carbocycles. The average Bonchev–Trinajstić information content (AvgIpc) is 2.90. The average molecular weight is 258 g/mol. The summed E-state index contributed by atoms with van der Waals surface area (Å²) in [4.78, 5) is 11.5. The molecule has 1 amide bonds. The Morgan fingerprint density at radius 2 is 2.32 bits per heavy atom. The largest absolute Gasteiger partial charge is 0.460 e. The molecular formula is C14H14N2O3. The van der Waals surface area contributed by atoms with Gasteiger partial charge in [-0.1, -0.05) is 6.92 Å². The first-order valence-electron chi connectivity index (χ1n) is 6.20. The normalized spacial score (nSPS) is 21.7. The number of hydrogen-bond acceptors (Lipinski definition) is 4. The van der Waals surface area contributed by atoms with Crippen molar-refractivity contribution in [3.8, 4) is 0 Å².